The van der Waals surface area contributed by atoms with Crippen LogP contribution in [0.1, 0.15) is 23.6 Å². The number of esters is 1. The first-order valence-electron chi connectivity index (χ1n) is 11.4. The third-order valence-corrected chi connectivity index (χ3v) is 5.51. The van der Waals surface area contributed by atoms with Crippen LogP contribution in [0.4, 0.5) is 0 Å². The number of hydrogen-bond donors (Lipinski definition) is 0. The molecule has 0 spiro atoms. The van der Waals surface area contributed by atoms with Crippen LogP contribution in [0, 0.1) is 0 Å². The highest BCUT2D eigenvalue weighted by atomic mass is 16.7. The molecule has 1 fully saturated rings. The second-order valence-electron chi connectivity index (χ2n) is 8.18. The minimum Gasteiger partial charge on any atom is -0.433 e. The van der Waals surface area contributed by atoms with Gasteiger partial charge in [0.15, 0.2) is 0 Å². The maximum Gasteiger partial charge on any atom is 0.305 e. The zero-order valence-corrected chi connectivity index (χ0v) is 19.2. The van der Waals surface area contributed by atoms with E-state index < -0.39 is 30.6 Å². The summed E-state index contributed by atoms with van der Waals surface area (Å²) in [5.41, 5.74) is 3.11. The van der Waals surface area contributed by atoms with Crippen molar-refractivity contribution in [2.45, 2.75) is 51.3 Å². The molecule has 34 heavy (non-hydrogen) atoms. The van der Waals surface area contributed by atoms with Crippen LogP contribution < -0.4 is 0 Å². The summed E-state index contributed by atoms with van der Waals surface area (Å²) in [4.78, 5) is 11.8. The fraction of sp³-hybridized carbons (Fsp3) is 0.321. The van der Waals surface area contributed by atoms with Crippen molar-refractivity contribution in [3.05, 3.63) is 108 Å². The molecule has 4 atom stereocenters. The molecule has 0 bridgehead atoms. The lowest BCUT2D eigenvalue weighted by Gasteiger charge is -2.24. The predicted octanol–water partition coefficient (Wildman–Crippen LogP) is 4.66. The van der Waals surface area contributed by atoms with Gasteiger partial charge in [-0.25, -0.2) is 0 Å². The van der Waals surface area contributed by atoms with E-state index in [-0.39, 0.29) is 6.61 Å². The van der Waals surface area contributed by atoms with E-state index in [0.717, 1.165) is 16.7 Å². The second kappa shape index (κ2) is 12.4. The minimum atomic E-state index is -0.882. The Morgan fingerprint density at radius 1 is 0.706 bits per heavy atom. The Kier molecular flexibility index (Phi) is 8.82. The Bertz CT molecular complexity index is 995. The molecular weight excluding hydrogens is 432 g/mol. The van der Waals surface area contributed by atoms with E-state index in [1.165, 1.54) is 6.92 Å². The van der Waals surface area contributed by atoms with Gasteiger partial charge in [-0.1, -0.05) is 91.0 Å². The molecule has 0 aromatic heterocycles. The molecule has 1 heterocycles. The maximum absolute atomic E-state index is 11.8. The first-order chi connectivity index (χ1) is 16.7. The molecule has 1 aliphatic heterocycles. The highest BCUT2D eigenvalue weighted by molar-refractivity contribution is 5.66. The second-order valence-corrected chi connectivity index (χ2v) is 8.18. The Morgan fingerprint density at radius 2 is 1.18 bits per heavy atom. The normalized spacial score (nSPS) is 21.9. The third kappa shape index (κ3) is 6.98. The van der Waals surface area contributed by atoms with Crippen LogP contribution in [0.3, 0.4) is 0 Å². The lowest BCUT2D eigenvalue weighted by atomic mass is 10.1. The van der Waals surface area contributed by atoms with E-state index in [1.807, 2.05) is 91.0 Å². The standard InChI is InChI=1S/C28H30O6/c1-21(29)33-28-27(32-19-24-15-9-4-10-16-24)26(31-18-23-13-7-3-8-14-23)25(34-28)20-30-17-22-11-5-2-6-12-22/h2-16,25-28H,17-20H2,1H3/t25-,26+,27?,28+/m1/s1. The van der Waals surface area contributed by atoms with E-state index >= 15 is 0 Å². The smallest absolute Gasteiger partial charge is 0.305 e. The number of hydrogen-bond acceptors (Lipinski definition) is 6. The number of carbonyl (C=O) groups excluding carboxylic acids is 1. The van der Waals surface area contributed by atoms with Crippen molar-refractivity contribution in [3.63, 3.8) is 0 Å². The van der Waals surface area contributed by atoms with Crippen LogP contribution in [-0.2, 0) is 48.3 Å². The largest absolute Gasteiger partial charge is 0.433 e. The molecule has 3 aromatic rings. The van der Waals surface area contributed by atoms with Crippen molar-refractivity contribution in [2.75, 3.05) is 6.61 Å². The van der Waals surface area contributed by atoms with Crippen molar-refractivity contribution in [1.29, 1.82) is 0 Å². The van der Waals surface area contributed by atoms with Crippen LogP contribution in [-0.4, -0.2) is 37.2 Å². The van der Waals surface area contributed by atoms with Gasteiger partial charge in [-0.2, -0.15) is 0 Å². The molecule has 1 saturated heterocycles. The van der Waals surface area contributed by atoms with Crippen molar-refractivity contribution >= 4 is 5.97 Å². The molecule has 4 rings (SSSR count). The van der Waals surface area contributed by atoms with Gasteiger partial charge >= 0.3 is 5.97 Å². The van der Waals surface area contributed by atoms with Crippen LogP contribution in [0.15, 0.2) is 91.0 Å². The maximum atomic E-state index is 11.8. The number of benzene rings is 3. The molecule has 1 unspecified atom stereocenters. The Labute approximate surface area is 200 Å². The Morgan fingerprint density at radius 3 is 1.68 bits per heavy atom. The Hall–Kier alpha value is -3.03. The van der Waals surface area contributed by atoms with Gasteiger partial charge in [0, 0.05) is 6.92 Å². The lowest BCUT2D eigenvalue weighted by Crippen LogP contribution is -2.40. The van der Waals surface area contributed by atoms with Gasteiger partial charge in [-0.3, -0.25) is 4.79 Å². The van der Waals surface area contributed by atoms with Crippen molar-refractivity contribution in [2.24, 2.45) is 0 Å². The number of ether oxygens (including phenoxy) is 5. The van der Waals surface area contributed by atoms with Crippen LogP contribution >= 0.6 is 0 Å². The predicted molar refractivity (Wildman–Crippen MR) is 127 cm³/mol. The van der Waals surface area contributed by atoms with Gasteiger partial charge in [0.2, 0.25) is 6.29 Å². The zero-order chi connectivity index (χ0) is 23.6. The molecule has 0 saturated carbocycles. The Balaban J connectivity index is 1.47. The first-order valence-corrected chi connectivity index (χ1v) is 11.4. The summed E-state index contributed by atoms with van der Waals surface area (Å²) in [7, 11) is 0. The summed E-state index contributed by atoms with van der Waals surface area (Å²) in [6.07, 6.45) is -2.42. The monoisotopic (exact) mass is 462 g/mol. The average Bonchev–Trinajstić information content (AvgIpc) is 3.18. The van der Waals surface area contributed by atoms with E-state index in [4.69, 9.17) is 23.7 Å². The fourth-order valence-corrected chi connectivity index (χ4v) is 3.86. The fourth-order valence-electron chi connectivity index (χ4n) is 3.86. The summed E-state index contributed by atoms with van der Waals surface area (Å²) in [6.45, 7) is 2.80. The van der Waals surface area contributed by atoms with E-state index in [1.54, 1.807) is 0 Å². The van der Waals surface area contributed by atoms with Crippen molar-refractivity contribution in [1.82, 2.24) is 0 Å². The summed E-state index contributed by atoms with van der Waals surface area (Å²) < 4.78 is 30.0. The molecule has 0 amide bonds. The summed E-state index contributed by atoms with van der Waals surface area (Å²) in [5, 5.41) is 0. The van der Waals surface area contributed by atoms with Gasteiger partial charge in [0.1, 0.15) is 18.3 Å². The van der Waals surface area contributed by atoms with E-state index in [9.17, 15) is 4.79 Å². The molecule has 0 N–H and O–H groups in total. The highest BCUT2D eigenvalue weighted by Gasteiger charge is 2.48. The van der Waals surface area contributed by atoms with Gasteiger partial charge in [0.25, 0.3) is 0 Å². The lowest BCUT2D eigenvalue weighted by molar-refractivity contribution is -0.195. The highest BCUT2D eigenvalue weighted by Crippen LogP contribution is 2.30. The summed E-state index contributed by atoms with van der Waals surface area (Å²) in [5.74, 6) is -0.439. The molecule has 0 aliphatic carbocycles. The molecule has 6 heteroatoms. The molecule has 178 valence electrons. The van der Waals surface area contributed by atoms with Gasteiger partial charge in [-0.15, -0.1) is 0 Å². The van der Waals surface area contributed by atoms with Crippen molar-refractivity contribution in [3.8, 4) is 0 Å². The molecule has 1 aliphatic rings. The zero-order valence-electron chi connectivity index (χ0n) is 19.2. The van der Waals surface area contributed by atoms with E-state index in [0.29, 0.717) is 19.8 Å². The van der Waals surface area contributed by atoms with Crippen LogP contribution in [0.2, 0.25) is 0 Å². The topological polar surface area (TPSA) is 63.2 Å². The van der Waals surface area contributed by atoms with E-state index in [2.05, 4.69) is 0 Å². The minimum absolute atomic E-state index is 0.275. The van der Waals surface area contributed by atoms with Crippen molar-refractivity contribution < 1.29 is 28.5 Å². The summed E-state index contributed by atoms with van der Waals surface area (Å²) in [6, 6.07) is 29.7. The third-order valence-electron chi connectivity index (χ3n) is 5.51. The van der Waals surface area contributed by atoms with Gasteiger partial charge in [-0.05, 0) is 16.7 Å². The first kappa shape index (κ1) is 24.1. The quantitative estimate of drug-likeness (QED) is 0.386. The summed E-state index contributed by atoms with van der Waals surface area (Å²) >= 11 is 0. The SMILES string of the molecule is CC(=O)O[C@H]1O[C@H](COCc2ccccc2)[C@H](OCc2ccccc2)C1OCc1ccccc1. The number of rotatable bonds is 11. The van der Waals surface area contributed by atoms with Crippen LogP contribution in [0.25, 0.3) is 0 Å². The van der Waals surface area contributed by atoms with Gasteiger partial charge < -0.3 is 23.7 Å². The van der Waals surface area contributed by atoms with Crippen LogP contribution in [0.5, 0.6) is 0 Å². The number of carbonyl (C=O) groups is 1. The molecular formula is C28H30O6. The molecule has 6 nitrogen and oxygen atoms in total. The van der Waals surface area contributed by atoms with Gasteiger partial charge in [0.05, 0.1) is 26.4 Å². The molecule has 0 radical (unpaired) electrons. The molecule has 3 aromatic carbocycles. The average molecular weight is 463 g/mol.